The van der Waals surface area contributed by atoms with Gasteiger partial charge in [-0.1, -0.05) is 19.3 Å². The molecule has 0 bridgehead atoms. The number of nitrogens with one attached hydrogen (secondary N) is 2. The van der Waals surface area contributed by atoms with Gasteiger partial charge < -0.3 is 25.4 Å². The van der Waals surface area contributed by atoms with E-state index < -0.39 is 5.97 Å². The molecule has 1 saturated heterocycles. The van der Waals surface area contributed by atoms with Crippen molar-refractivity contribution in [3.8, 4) is 0 Å². The highest BCUT2D eigenvalue weighted by atomic mass is 16.5. The molecule has 1 amide bonds. The van der Waals surface area contributed by atoms with E-state index in [0.29, 0.717) is 31.7 Å². The smallest absolute Gasteiger partial charge is 0.337 e. The van der Waals surface area contributed by atoms with E-state index >= 15 is 0 Å². The van der Waals surface area contributed by atoms with Crippen LogP contribution in [0.4, 0.5) is 11.8 Å². The summed E-state index contributed by atoms with van der Waals surface area (Å²) in [5, 5.41) is 15.6. The zero-order valence-electron chi connectivity index (χ0n) is 18.4. The second-order valence-electron chi connectivity index (χ2n) is 8.91. The summed E-state index contributed by atoms with van der Waals surface area (Å²) in [5.41, 5.74) is 2.25. The summed E-state index contributed by atoms with van der Waals surface area (Å²) in [7, 11) is 0. The fourth-order valence-corrected chi connectivity index (χ4v) is 4.71. The SMILES string of the molecule is O=C(O)c1ccc(C(=O)NC2CCN(c3nc4c(c(NC5CCCCC5)n3)COC4)C2)nc1. The molecule has 0 radical (unpaired) electrons. The molecule has 1 saturated carbocycles. The maximum Gasteiger partial charge on any atom is 0.337 e. The normalized spacial score (nSPS) is 20.5. The first-order chi connectivity index (χ1) is 16.1. The first-order valence-corrected chi connectivity index (χ1v) is 11.6. The van der Waals surface area contributed by atoms with E-state index in [4.69, 9.17) is 19.8 Å². The Bertz CT molecular complexity index is 1040. The lowest BCUT2D eigenvalue weighted by molar-refractivity contribution is 0.0695. The van der Waals surface area contributed by atoms with Gasteiger partial charge in [-0.2, -0.15) is 4.98 Å². The van der Waals surface area contributed by atoms with Gasteiger partial charge in [-0.25, -0.2) is 9.78 Å². The largest absolute Gasteiger partial charge is 0.478 e. The number of carbonyl (C=O) groups excluding carboxylic acids is 1. The van der Waals surface area contributed by atoms with E-state index in [1.54, 1.807) is 0 Å². The van der Waals surface area contributed by atoms with Gasteiger partial charge in [-0.3, -0.25) is 9.78 Å². The summed E-state index contributed by atoms with van der Waals surface area (Å²) in [6, 6.07) is 3.18. The Balaban J connectivity index is 1.25. The van der Waals surface area contributed by atoms with Crippen LogP contribution in [-0.4, -0.2) is 57.1 Å². The minimum atomic E-state index is -1.07. The molecule has 2 aliphatic heterocycles. The number of anilines is 2. The van der Waals surface area contributed by atoms with Gasteiger partial charge >= 0.3 is 5.97 Å². The molecule has 5 rings (SSSR count). The van der Waals surface area contributed by atoms with Crippen LogP contribution in [0.2, 0.25) is 0 Å². The minimum absolute atomic E-state index is 0.0500. The summed E-state index contributed by atoms with van der Waals surface area (Å²) in [4.78, 5) is 39.2. The highest BCUT2D eigenvalue weighted by Gasteiger charge is 2.29. The van der Waals surface area contributed by atoms with Crippen LogP contribution in [0.15, 0.2) is 18.3 Å². The van der Waals surface area contributed by atoms with Crippen LogP contribution in [-0.2, 0) is 18.0 Å². The predicted octanol–water partition coefficient (Wildman–Crippen LogP) is 2.35. The van der Waals surface area contributed by atoms with E-state index in [1.807, 2.05) is 0 Å². The fraction of sp³-hybridized carbons (Fsp3) is 0.522. The number of carboxylic acid groups (broad SMARTS) is 1. The molecular weight excluding hydrogens is 424 g/mol. The summed E-state index contributed by atoms with van der Waals surface area (Å²) in [6.07, 6.45) is 8.07. The fourth-order valence-electron chi connectivity index (χ4n) is 4.71. The van der Waals surface area contributed by atoms with Crippen LogP contribution in [0, 0.1) is 0 Å². The van der Waals surface area contributed by atoms with Crippen LogP contribution in [0.5, 0.6) is 0 Å². The average Bonchev–Trinajstić information content (AvgIpc) is 3.49. The third kappa shape index (κ3) is 4.75. The maximum absolute atomic E-state index is 12.6. The summed E-state index contributed by atoms with van der Waals surface area (Å²) < 4.78 is 5.65. The number of carboxylic acids is 1. The van der Waals surface area contributed by atoms with Crippen LogP contribution in [0.1, 0.15) is 70.6 Å². The van der Waals surface area contributed by atoms with Crippen molar-refractivity contribution in [2.24, 2.45) is 0 Å². The van der Waals surface area contributed by atoms with Crippen molar-refractivity contribution in [3.63, 3.8) is 0 Å². The Morgan fingerprint density at radius 2 is 1.91 bits per heavy atom. The molecule has 0 aromatic carbocycles. The summed E-state index contributed by atoms with van der Waals surface area (Å²) >= 11 is 0. The van der Waals surface area contributed by atoms with Crippen molar-refractivity contribution >= 4 is 23.6 Å². The van der Waals surface area contributed by atoms with E-state index in [1.165, 1.54) is 37.6 Å². The minimum Gasteiger partial charge on any atom is -0.478 e. The molecule has 1 aliphatic carbocycles. The topological polar surface area (TPSA) is 130 Å². The zero-order valence-corrected chi connectivity index (χ0v) is 18.4. The Morgan fingerprint density at radius 3 is 2.67 bits per heavy atom. The number of aromatic nitrogens is 3. The molecule has 4 heterocycles. The lowest BCUT2D eigenvalue weighted by Crippen LogP contribution is -2.37. The second kappa shape index (κ2) is 9.30. The number of hydrogen-bond acceptors (Lipinski definition) is 8. The Morgan fingerprint density at radius 1 is 1.06 bits per heavy atom. The molecule has 3 N–H and O–H groups in total. The molecular formula is C23H28N6O4. The molecule has 10 nitrogen and oxygen atoms in total. The first-order valence-electron chi connectivity index (χ1n) is 11.6. The van der Waals surface area contributed by atoms with Crippen molar-refractivity contribution in [2.75, 3.05) is 23.3 Å². The van der Waals surface area contributed by atoms with Crippen molar-refractivity contribution in [1.82, 2.24) is 20.3 Å². The number of rotatable bonds is 6. The van der Waals surface area contributed by atoms with E-state index in [2.05, 4.69) is 20.5 Å². The molecule has 1 atom stereocenters. The molecule has 3 aliphatic rings. The van der Waals surface area contributed by atoms with E-state index in [9.17, 15) is 9.59 Å². The number of ether oxygens (including phenoxy) is 1. The quantitative estimate of drug-likeness (QED) is 0.605. The third-order valence-corrected chi connectivity index (χ3v) is 6.56. The molecule has 2 aromatic heterocycles. The van der Waals surface area contributed by atoms with E-state index in [0.717, 1.165) is 42.9 Å². The van der Waals surface area contributed by atoms with Gasteiger partial charge in [-0.15, -0.1) is 0 Å². The van der Waals surface area contributed by atoms with Gasteiger partial charge in [0.25, 0.3) is 5.91 Å². The van der Waals surface area contributed by atoms with Crippen LogP contribution in [0.3, 0.4) is 0 Å². The lowest BCUT2D eigenvalue weighted by atomic mass is 9.95. The van der Waals surface area contributed by atoms with Crippen molar-refractivity contribution in [1.29, 1.82) is 0 Å². The molecule has 0 spiro atoms. The Hall–Kier alpha value is -3.27. The second-order valence-corrected chi connectivity index (χ2v) is 8.91. The Labute approximate surface area is 191 Å². The van der Waals surface area contributed by atoms with Gasteiger partial charge in [0, 0.05) is 36.9 Å². The molecule has 174 valence electrons. The van der Waals surface area contributed by atoms with Crippen molar-refractivity contribution in [2.45, 2.75) is 63.8 Å². The molecule has 33 heavy (non-hydrogen) atoms. The number of nitrogens with zero attached hydrogens (tertiary/aromatic N) is 4. The standard InChI is InChI=1S/C23H28N6O4/c30-21(18-7-6-14(10-24-18)22(31)32)26-16-8-9-29(11-16)23-27-19-13-33-12-17(19)20(28-23)25-15-4-2-1-3-5-15/h6-7,10,15-16H,1-5,8-9,11-13H2,(H,26,30)(H,31,32)(H,25,27,28). The highest BCUT2D eigenvalue weighted by molar-refractivity contribution is 5.94. The average molecular weight is 453 g/mol. The molecule has 2 aromatic rings. The van der Waals surface area contributed by atoms with Crippen molar-refractivity contribution in [3.05, 3.63) is 40.8 Å². The zero-order chi connectivity index (χ0) is 22.8. The Kier molecular flexibility index (Phi) is 6.08. The lowest BCUT2D eigenvalue weighted by Gasteiger charge is -2.25. The van der Waals surface area contributed by atoms with E-state index in [-0.39, 0.29) is 23.2 Å². The van der Waals surface area contributed by atoms with Crippen LogP contribution in [0.25, 0.3) is 0 Å². The number of pyridine rings is 1. The van der Waals surface area contributed by atoms with Gasteiger partial charge in [0.2, 0.25) is 5.95 Å². The number of hydrogen-bond donors (Lipinski definition) is 3. The van der Waals surface area contributed by atoms with Gasteiger partial charge in [-0.05, 0) is 31.4 Å². The van der Waals surface area contributed by atoms with Gasteiger partial charge in [0.1, 0.15) is 11.5 Å². The molecule has 2 fully saturated rings. The van der Waals surface area contributed by atoms with Crippen molar-refractivity contribution < 1.29 is 19.4 Å². The van der Waals surface area contributed by atoms with Crippen LogP contribution < -0.4 is 15.5 Å². The number of carbonyl (C=O) groups is 2. The number of aromatic carboxylic acids is 1. The summed E-state index contributed by atoms with van der Waals surface area (Å²) in [6.45, 7) is 2.37. The number of amides is 1. The van der Waals surface area contributed by atoms with Gasteiger partial charge in [0.15, 0.2) is 0 Å². The van der Waals surface area contributed by atoms with Crippen LogP contribution >= 0.6 is 0 Å². The third-order valence-electron chi connectivity index (χ3n) is 6.56. The monoisotopic (exact) mass is 452 g/mol. The maximum atomic E-state index is 12.6. The molecule has 10 heteroatoms. The molecule has 1 unspecified atom stereocenters. The van der Waals surface area contributed by atoms with Gasteiger partial charge in [0.05, 0.1) is 24.5 Å². The number of fused-ring (bicyclic) bond motifs is 1. The first kappa shape index (κ1) is 21.6. The predicted molar refractivity (Wildman–Crippen MR) is 120 cm³/mol. The summed E-state index contributed by atoms with van der Waals surface area (Å²) in [5.74, 6) is 0.160. The highest BCUT2D eigenvalue weighted by Crippen LogP contribution is 2.30.